The lowest BCUT2D eigenvalue weighted by molar-refractivity contribution is -0.151. The van der Waals surface area contributed by atoms with Crippen molar-refractivity contribution in [2.75, 3.05) is 6.61 Å². The highest BCUT2D eigenvalue weighted by Gasteiger charge is 2.21. The van der Waals surface area contributed by atoms with Crippen LogP contribution in [0.3, 0.4) is 0 Å². The third-order valence-corrected chi connectivity index (χ3v) is 3.00. The predicted molar refractivity (Wildman–Crippen MR) is 75.5 cm³/mol. The van der Waals surface area contributed by atoms with Crippen molar-refractivity contribution < 1.29 is 19.1 Å². The molecule has 0 heterocycles. The monoisotopic (exact) mass is 328 g/mol. The molecule has 0 amide bonds. The first-order chi connectivity index (χ1) is 8.99. The van der Waals surface area contributed by atoms with Crippen LogP contribution in [0.5, 0.6) is 5.75 Å². The fraction of sp³-hybridized carbons (Fsp3) is 0.429. The van der Waals surface area contributed by atoms with Crippen LogP contribution in [0.2, 0.25) is 0 Å². The highest BCUT2D eigenvalue weighted by molar-refractivity contribution is 9.10. The Hall–Kier alpha value is -1.36. The Labute approximate surface area is 121 Å². The van der Waals surface area contributed by atoms with Crippen molar-refractivity contribution in [3.05, 3.63) is 28.2 Å². The Morgan fingerprint density at radius 3 is 2.53 bits per heavy atom. The Morgan fingerprint density at radius 2 is 2.00 bits per heavy atom. The molecule has 1 atom stereocenters. The summed E-state index contributed by atoms with van der Waals surface area (Å²) in [7, 11) is 0. The summed E-state index contributed by atoms with van der Waals surface area (Å²) in [4.78, 5) is 23.3. The van der Waals surface area contributed by atoms with Crippen LogP contribution >= 0.6 is 15.9 Å². The minimum Gasteiger partial charge on any atom is -0.478 e. The minimum absolute atomic E-state index is 0.116. The standard InChI is InChI=1S/C14H17BrO4/c1-4-12(14(17)18-5-2)19-13-7-6-10(15)8-11(13)9(3)16/h6-8,12H,4-5H2,1-3H3. The van der Waals surface area contributed by atoms with Crippen molar-refractivity contribution in [1.29, 1.82) is 0 Å². The molecule has 1 rings (SSSR count). The summed E-state index contributed by atoms with van der Waals surface area (Å²) in [5.41, 5.74) is 0.442. The predicted octanol–water partition coefficient (Wildman–Crippen LogP) is 3.37. The van der Waals surface area contributed by atoms with E-state index in [1.807, 2.05) is 6.92 Å². The fourth-order valence-corrected chi connectivity index (χ4v) is 1.93. The lowest BCUT2D eigenvalue weighted by Gasteiger charge is -2.17. The normalized spacial score (nSPS) is 11.8. The van der Waals surface area contributed by atoms with Crippen LogP contribution in [-0.2, 0) is 9.53 Å². The molecule has 1 unspecified atom stereocenters. The number of ketones is 1. The van der Waals surface area contributed by atoms with Gasteiger partial charge in [0.25, 0.3) is 0 Å². The number of hydrogen-bond acceptors (Lipinski definition) is 4. The van der Waals surface area contributed by atoms with Crippen LogP contribution in [0.15, 0.2) is 22.7 Å². The van der Waals surface area contributed by atoms with Crippen molar-refractivity contribution in [1.82, 2.24) is 0 Å². The van der Waals surface area contributed by atoms with E-state index in [9.17, 15) is 9.59 Å². The van der Waals surface area contributed by atoms with Gasteiger partial charge in [0.15, 0.2) is 11.9 Å². The molecule has 4 nitrogen and oxygen atoms in total. The van der Waals surface area contributed by atoms with Crippen molar-refractivity contribution in [2.45, 2.75) is 33.3 Å². The molecule has 0 aliphatic heterocycles. The summed E-state index contributed by atoms with van der Waals surface area (Å²) in [5, 5.41) is 0. The number of ether oxygens (including phenoxy) is 2. The Balaban J connectivity index is 2.97. The number of esters is 1. The maximum atomic E-state index is 11.7. The molecular weight excluding hydrogens is 312 g/mol. The molecule has 0 saturated carbocycles. The fourth-order valence-electron chi connectivity index (χ4n) is 1.57. The zero-order chi connectivity index (χ0) is 14.4. The van der Waals surface area contributed by atoms with Crippen molar-refractivity contribution in [2.24, 2.45) is 0 Å². The maximum Gasteiger partial charge on any atom is 0.347 e. The minimum atomic E-state index is -0.695. The van der Waals surface area contributed by atoms with Gasteiger partial charge in [0.2, 0.25) is 0 Å². The quantitative estimate of drug-likeness (QED) is 0.593. The number of hydrogen-bond donors (Lipinski definition) is 0. The third kappa shape index (κ3) is 4.35. The van der Waals surface area contributed by atoms with E-state index in [4.69, 9.17) is 9.47 Å². The molecule has 0 aliphatic carbocycles. The molecule has 0 saturated heterocycles. The number of Topliss-reactive ketones (excluding diaryl/α,β-unsaturated/α-hetero) is 1. The van der Waals surface area contributed by atoms with E-state index in [1.165, 1.54) is 6.92 Å². The SMILES string of the molecule is CCOC(=O)C(CC)Oc1ccc(Br)cc1C(C)=O. The van der Waals surface area contributed by atoms with Gasteiger partial charge >= 0.3 is 5.97 Å². The van der Waals surface area contributed by atoms with Crippen LogP contribution in [0, 0.1) is 0 Å². The second kappa shape index (κ2) is 7.28. The topological polar surface area (TPSA) is 52.6 Å². The number of halogens is 1. The van der Waals surface area contributed by atoms with Gasteiger partial charge in [-0.2, -0.15) is 0 Å². The van der Waals surface area contributed by atoms with Crippen LogP contribution in [0.4, 0.5) is 0 Å². The Bertz CT molecular complexity index is 471. The summed E-state index contributed by atoms with van der Waals surface area (Å²) in [6.45, 7) is 5.33. The first-order valence-corrected chi connectivity index (χ1v) is 6.92. The van der Waals surface area contributed by atoms with Crippen LogP contribution in [-0.4, -0.2) is 24.5 Å². The third-order valence-electron chi connectivity index (χ3n) is 2.51. The van der Waals surface area contributed by atoms with Crippen LogP contribution in [0.1, 0.15) is 37.6 Å². The van der Waals surface area contributed by atoms with E-state index < -0.39 is 12.1 Å². The molecule has 0 aromatic heterocycles. The maximum absolute atomic E-state index is 11.7. The van der Waals surface area contributed by atoms with Crippen molar-refractivity contribution in [3.8, 4) is 5.75 Å². The zero-order valence-electron chi connectivity index (χ0n) is 11.2. The largest absolute Gasteiger partial charge is 0.478 e. The lowest BCUT2D eigenvalue weighted by atomic mass is 10.1. The highest BCUT2D eigenvalue weighted by Crippen LogP contribution is 2.25. The summed E-state index contributed by atoms with van der Waals surface area (Å²) in [6, 6.07) is 5.11. The molecule has 0 spiro atoms. The van der Waals surface area contributed by atoms with Crippen LogP contribution < -0.4 is 4.74 Å². The van der Waals surface area contributed by atoms with E-state index in [-0.39, 0.29) is 5.78 Å². The average molecular weight is 329 g/mol. The smallest absolute Gasteiger partial charge is 0.347 e. The summed E-state index contributed by atoms with van der Waals surface area (Å²) >= 11 is 3.30. The Morgan fingerprint density at radius 1 is 1.32 bits per heavy atom. The molecule has 5 heteroatoms. The molecule has 0 fully saturated rings. The second-order valence-corrected chi connectivity index (χ2v) is 4.88. The molecular formula is C14H17BrO4. The summed E-state index contributed by atoms with van der Waals surface area (Å²) in [5.74, 6) is -0.131. The molecule has 0 N–H and O–H groups in total. The average Bonchev–Trinajstić information content (AvgIpc) is 2.37. The van der Waals surface area contributed by atoms with Gasteiger partial charge in [-0.3, -0.25) is 4.79 Å². The van der Waals surface area contributed by atoms with Crippen molar-refractivity contribution >= 4 is 27.7 Å². The van der Waals surface area contributed by atoms with Gasteiger partial charge < -0.3 is 9.47 Å². The van der Waals surface area contributed by atoms with Crippen LogP contribution in [0.25, 0.3) is 0 Å². The molecule has 0 radical (unpaired) electrons. The molecule has 0 bridgehead atoms. The van der Waals surface area contributed by atoms with Crippen molar-refractivity contribution in [3.63, 3.8) is 0 Å². The van der Waals surface area contributed by atoms with Gasteiger partial charge in [0.05, 0.1) is 12.2 Å². The van der Waals surface area contributed by atoms with Gasteiger partial charge in [-0.25, -0.2) is 4.79 Å². The van der Waals surface area contributed by atoms with Gasteiger partial charge in [0, 0.05) is 4.47 Å². The second-order valence-electron chi connectivity index (χ2n) is 3.96. The number of rotatable bonds is 6. The summed E-state index contributed by atoms with van der Waals surface area (Å²) in [6.07, 6.45) is -0.217. The lowest BCUT2D eigenvalue weighted by Crippen LogP contribution is -2.29. The van der Waals surface area contributed by atoms with E-state index in [1.54, 1.807) is 25.1 Å². The molecule has 0 aliphatic rings. The zero-order valence-corrected chi connectivity index (χ0v) is 12.8. The van der Waals surface area contributed by atoms with Gasteiger partial charge in [0.1, 0.15) is 5.75 Å². The van der Waals surface area contributed by atoms with E-state index in [2.05, 4.69) is 15.9 Å². The van der Waals surface area contributed by atoms with Gasteiger partial charge in [-0.05, 0) is 38.5 Å². The molecule has 1 aromatic carbocycles. The number of carbonyl (C=O) groups excluding carboxylic acids is 2. The first-order valence-electron chi connectivity index (χ1n) is 6.13. The highest BCUT2D eigenvalue weighted by atomic mass is 79.9. The number of benzene rings is 1. The van der Waals surface area contributed by atoms with Gasteiger partial charge in [-0.1, -0.05) is 22.9 Å². The molecule has 19 heavy (non-hydrogen) atoms. The van der Waals surface area contributed by atoms with Gasteiger partial charge in [-0.15, -0.1) is 0 Å². The molecule has 1 aromatic rings. The van der Waals surface area contributed by atoms with E-state index in [0.29, 0.717) is 24.3 Å². The first kappa shape index (κ1) is 15.7. The number of carbonyl (C=O) groups is 2. The Kier molecular flexibility index (Phi) is 6.02. The summed E-state index contributed by atoms with van der Waals surface area (Å²) < 4.78 is 11.3. The van der Waals surface area contributed by atoms with E-state index in [0.717, 1.165) is 4.47 Å². The molecule has 104 valence electrons. The van der Waals surface area contributed by atoms with E-state index >= 15 is 0 Å².